The molecule has 5 rings (SSSR count). The van der Waals surface area contributed by atoms with Gasteiger partial charge >= 0.3 is 0 Å². The van der Waals surface area contributed by atoms with Crippen molar-refractivity contribution in [3.8, 4) is 0 Å². The van der Waals surface area contributed by atoms with Gasteiger partial charge in [0.05, 0.1) is 11.2 Å². The van der Waals surface area contributed by atoms with Crippen molar-refractivity contribution < 1.29 is 0 Å². The van der Waals surface area contributed by atoms with E-state index in [9.17, 15) is 0 Å². The Morgan fingerprint density at radius 1 is 0.759 bits per heavy atom. The smallest absolute Gasteiger partial charge is 0.229 e. The summed E-state index contributed by atoms with van der Waals surface area (Å²) >= 11 is 0. The molecule has 0 saturated carbocycles. The van der Waals surface area contributed by atoms with Gasteiger partial charge in [-0.15, -0.1) is 0 Å². The van der Waals surface area contributed by atoms with E-state index in [1.54, 1.807) is 12.4 Å². The fourth-order valence-corrected chi connectivity index (χ4v) is 3.69. The zero-order valence-corrected chi connectivity index (χ0v) is 16.0. The molecule has 0 amide bonds. The number of para-hydroxylation sites is 1. The lowest BCUT2D eigenvalue weighted by atomic mass is 10.2. The molecule has 144 valence electrons. The second-order valence-corrected chi connectivity index (χ2v) is 7.14. The highest BCUT2D eigenvalue weighted by Gasteiger charge is 2.12. The molecule has 2 aromatic carbocycles. The van der Waals surface area contributed by atoms with Crippen LogP contribution in [0.1, 0.15) is 12.8 Å². The summed E-state index contributed by atoms with van der Waals surface area (Å²) in [7, 11) is 0. The number of fused-ring (bicyclic) bond motifs is 1. The third kappa shape index (κ3) is 3.82. The minimum Gasteiger partial charge on any atom is -0.372 e. The number of hydrogen-bond donors (Lipinski definition) is 2. The van der Waals surface area contributed by atoms with Gasteiger partial charge in [0.2, 0.25) is 5.95 Å². The number of anilines is 5. The van der Waals surface area contributed by atoms with E-state index in [0.717, 1.165) is 35.4 Å². The zero-order chi connectivity index (χ0) is 19.5. The van der Waals surface area contributed by atoms with Gasteiger partial charge in [-0.05, 0) is 55.3 Å². The molecular formula is C23H22N6. The third-order valence-corrected chi connectivity index (χ3v) is 5.15. The second-order valence-electron chi connectivity index (χ2n) is 7.14. The third-order valence-electron chi connectivity index (χ3n) is 5.15. The molecule has 1 saturated heterocycles. The SMILES string of the molecule is c1cnc2c(Nc3ccnc(Nc4ccc(N5CCCC5)cc4)n3)cccc2c1. The summed E-state index contributed by atoms with van der Waals surface area (Å²) in [5.74, 6) is 1.27. The molecule has 1 aliphatic heterocycles. The average Bonchev–Trinajstić information content (AvgIpc) is 3.30. The Morgan fingerprint density at radius 2 is 1.59 bits per heavy atom. The Balaban J connectivity index is 1.33. The lowest BCUT2D eigenvalue weighted by molar-refractivity contribution is 0.949. The van der Waals surface area contributed by atoms with Crippen LogP contribution in [0.3, 0.4) is 0 Å². The van der Waals surface area contributed by atoms with E-state index in [4.69, 9.17) is 0 Å². The van der Waals surface area contributed by atoms with Gasteiger partial charge in [0.25, 0.3) is 0 Å². The van der Waals surface area contributed by atoms with E-state index in [1.165, 1.54) is 18.5 Å². The van der Waals surface area contributed by atoms with Crippen molar-refractivity contribution in [1.29, 1.82) is 0 Å². The molecule has 0 atom stereocenters. The molecule has 0 spiro atoms. The van der Waals surface area contributed by atoms with E-state index in [0.29, 0.717) is 11.8 Å². The van der Waals surface area contributed by atoms with E-state index in [1.807, 2.05) is 36.4 Å². The van der Waals surface area contributed by atoms with Crippen molar-refractivity contribution in [2.45, 2.75) is 12.8 Å². The van der Waals surface area contributed by atoms with Crippen LogP contribution in [0.25, 0.3) is 10.9 Å². The number of rotatable bonds is 5. The molecule has 2 N–H and O–H groups in total. The molecular weight excluding hydrogens is 360 g/mol. The van der Waals surface area contributed by atoms with Crippen molar-refractivity contribution in [3.63, 3.8) is 0 Å². The normalized spacial score (nSPS) is 13.6. The van der Waals surface area contributed by atoms with Gasteiger partial charge in [-0.2, -0.15) is 4.98 Å². The highest BCUT2D eigenvalue weighted by atomic mass is 15.2. The minimum absolute atomic E-state index is 0.553. The van der Waals surface area contributed by atoms with Gasteiger partial charge in [0.15, 0.2) is 0 Å². The Morgan fingerprint density at radius 3 is 2.45 bits per heavy atom. The maximum atomic E-state index is 4.60. The predicted octanol–water partition coefficient (Wildman–Crippen LogP) is 5.11. The highest BCUT2D eigenvalue weighted by Crippen LogP contribution is 2.25. The number of benzene rings is 2. The molecule has 4 aromatic rings. The van der Waals surface area contributed by atoms with E-state index < -0.39 is 0 Å². The molecule has 0 bridgehead atoms. The van der Waals surface area contributed by atoms with Crippen LogP contribution in [-0.4, -0.2) is 28.0 Å². The summed E-state index contributed by atoms with van der Waals surface area (Å²) in [4.78, 5) is 15.9. The molecule has 0 aliphatic carbocycles. The number of nitrogens with zero attached hydrogens (tertiary/aromatic N) is 4. The number of nitrogens with one attached hydrogen (secondary N) is 2. The first-order valence-electron chi connectivity index (χ1n) is 9.91. The molecule has 6 nitrogen and oxygen atoms in total. The molecule has 2 aromatic heterocycles. The van der Waals surface area contributed by atoms with Gasteiger partial charge in [-0.3, -0.25) is 4.98 Å². The van der Waals surface area contributed by atoms with Crippen LogP contribution in [0.2, 0.25) is 0 Å². The van der Waals surface area contributed by atoms with Crippen molar-refractivity contribution in [2.24, 2.45) is 0 Å². The maximum absolute atomic E-state index is 4.60. The van der Waals surface area contributed by atoms with Crippen LogP contribution in [0.4, 0.5) is 28.8 Å². The summed E-state index contributed by atoms with van der Waals surface area (Å²) < 4.78 is 0. The monoisotopic (exact) mass is 382 g/mol. The molecule has 29 heavy (non-hydrogen) atoms. The standard InChI is InChI=1S/C23H22N6/c1-2-16-29(15-1)19-10-8-18(9-11-19)26-23-25-14-12-21(28-23)27-20-7-3-5-17-6-4-13-24-22(17)20/h3-14H,1-2,15-16H2,(H2,25,26,27,28). The summed E-state index contributed by atoms with van der Waals surface area (Å²) in [6.45, 7) is 2.29. The van der Waals surface area contributed by atoms with E-state index in [-0.39, 0.29) is 0 Å². The number of hydrogen-bond acceptors (Lipinski definition) is 6. The average molecular weight is 382 g/mol. The summed E-state index contributed by atoms with van der Waals surface area (Å²) in [5.41, 5.74) is 4.08. The van der Waals surface area contributed by atoms with Crippen molar-refractivity contribution in [1.82, 2.24) is 15.0 Å². The van der Waals surface area contributed by atoms with Crippen molar-refractivity contribution in [2.75, 3.05) is 28.6 Å². The lowest BCUT2D eigenvalue weighted by Gasteiger charge is -2.17. The Bertz CT molecular complexity index is 1110. The number of pyridine rings is 1. The number of aromatic nitrogens is 3. The van der Waals surface area contributed by atoms with Gasteiger partial charge in [0, 0.05) is 42.2 Å². The highest BCUT2D eigenvalue weighted by molar-refractivity contribution is 5.91. The van der Waals surface area contributed by atoms with Gasteiger partial charge < -0.3 is 15.5 Å². The van der Waals surface area contributed by atoms with Gasteiger partial charge in [-0.25, -0.2) is 4.98 Å². The first kappa shape index (κ1) is 17.4. The summed E-state index contributed by atoms with van der Waals surface area (Å²) in [6, 6.07) is 20.3. The maximum Gasteiger partial charge on any atom is 0.229 e. The second kappa shape index (κ2) is 7.75. The molecule has 1 aliphatic rings. The predicted molar refractivity (Wildman–Crippen MR) is 118 cm³/mol. The van der Waals surface area contributed by atoms with Crippen LogP contribution in [0, 0.1) is 0 Å². The largest absolute Gasteiger partial charge is 0.372 e. The van der Waals surface area contributed by atoms with Gasteiger partial charge in [0.1, 0.15) is 5.82 Å². The molecule has 0 radical (unpaired) electrons. The fourth-order valence-electron chi connectivity index (χ4n) is 3.69. The summed E-state index contributed by atoms with van der Waals surface area (Å²) in [6.07, 6.45) is 6.10. The quantitative estimate of drug-likeness (QED) is 0.500. The first-order chi connectivity index (χ1) is 14.3. The Hall–Kier alpha value is -3.67. The molecule has 1 fully saturated rings. The van der Waals surface area contributed by atoms with Crippen molar-refractivity contribution in [3.05, 3.63) is 73.1 Å². The molecule has 0 unspecified atom stereocenters. The van der Waals surface area contributed by atoms with E-state index >= 15 is 0 Å². The zero-order valence-electron chi connectivity index (χ0n) is 16.0. The van der Waals surface area contributed by atoms with Crippen LogP contribution in [-0.2, 0) is 0 Å². The minimum atomic E-state index is 0.553. The fraction of sp³-hybridized carbons (Fsp3) is 0.174. The lowest BCUT2D eigenvalue weighted by Crippen LogP contribution is -2.17. The molecule has 3 heterocycles. The van der Waals surface area contributed by atoms with Crippen LogP contribution in [0.5, 0.6) is 0 Å². The first-order valence-corrected chi connectivity index (χ1v) is 9.91. The van der Waals surface area contributed by atoms with Crippen LogP contribution in [0.15, 0.2) is 73.1 Å². The van der Waals surface area contributed by atoms with E-state index in [2.05, 4.69) is 54.8 Å². The van der Waals surface area contributed by atoms with Crippen LogP contribution >= 0.6 is 0 Å². The van der Waals surface area contributed by atoms with Gasteiger partial charge in [-0.1, -0.05) is 18.2 Å². The van der Waals surface area contributed by atoms with Crippen LogP contribution < -0.4 is 15.5 Å². The topological polar surface area (TPSA) is 66.0 Å². The Kier molecular flexibility index (Phi) is 4.66. The molecule has 6 heteroatoms. The Labute approximate surface area is 169 Å². The summed E-state index contributed by atoms with van der Waals surface area (Å²) in [5, 5.41) is 7.73. The van der Waals surface area contributed by atoms with Crippen molar-refractivity contribution >= 4 is 39.7 Å².